The van der Waals surface area contributed by atoms with Crippen LogP contribution in [0.15, 0.2) is 18.2 Å². The Morgan fingerprint density at radius 2 is 2.11 bits per heavy atom. The van der Waals surface area contributed by atoms with Crippen LogP contribution in [0, 0.1) is 5.92 Å². The maximum atomic E-state index is 11.6. The lowest BCUT2D eigenvalue weighted by atomic mass is 10.1. The third-order valence-corrected chi connectivity index (χ3v) is 3.47. The Balaban J connectivity index is 1.98. The van der Waals surface area contributed by atoms with Gasteiger partial charge in [-0.2, -0.15) is 0 Å². The Morgan fingerprint density at radius 3 is 2.72 bits per heavy atom. The smallest absolute Gasteiger partial charge is 0.322 e. The minimum absolute atomic E-state index is 0.0589. The molecule has 0 heterocycles. The van der Waals surface area contributed by atoms with Crippen LogP contribution in [0.4, 0.5) is 0 Å². The van der Waals surface area contributed by atoms with Gasteiger partial charge in [0.1, 0.15) is 6.54 Å². The first kappa shape index (κ1) is 13.2. The van der Waals surface area contributed by atoms with Gasteiger partial charge in [0.05, 0.1) is 0 Å². The number of carbonyl (C=O) groups is 2. The highest BCUT2D eigenvalue weighted by Gasteiger charge is 2.44. The van der Waals surface area contributed by atoms with Crippen molar-refractivity contribution < 1.29 is 14.7 Å². The summed E-state index contributed by atoms with van der Waals surface area (Å²) in [5, 5.41) is 11.9. The van der Waals surface area contributed by atoms with Crippen LogP contribution in [0.25, 0.3) is 0 Å². The number of hydrogen-bond acceptors (Lipinski definition) is 2. The highest BCUT2D eigenvalue weighted by atomic mass is 35.5. The standard InChI is InChI=1S/C12H11Cl2NO3/c13-6-1-2-7(10(14)3-6)8-4-9(8)12(18)15-5-11(16)17/h1-3,8-9H,4-5H2,(H,15,18)(H,16,17)/t8-,9-/m0/s1. The van der Waals surface area contributed by atoms with Crippen molar-refractivity contribution in [3.05, 3.63) is 33.8 Å². The molecular formula is C12H11Cl2NO3. The van der Waals surface area contributed by atoms with Crippen LogP contribution in [0.2, 0.25) is 10.0 Å². The zero-order valence-corrected chi connectivity index (χ0v) is 10.8. The fourth-order valence-corrected chi connectivity index (χ4v) is 2.47. The van der Waals surface area contributed by atoms with Crippen LogP contribution in [-0.4, -0.2) is 23.5 Å². The Kier molecular flexibility index (Phi) is 3.78. The fourth-order valence-electron chi connectivity index (χ4n) is 1.92. The molecule has 0 radical (unpaired) electrons. The lowest BCUT2D eigenvalue weighted by Gasteiger charge is -2.04. The average Bonchev–Trinajstić information content (AvgIpc) is 3.05. The average molecular weight is 288 g/mol. The molecule has 2 rings (SSSR count). The maximum Gasteiger partial charge on any atom is 0.322 e. The van der Waals surface area contributed by atoms with E-state index in [1.54, 1.807) is 18.2 Å². The van der Waals surface area contributed by atoms with E-state index in [0.29, 0.717) is 16.5 Å². The van der Waals surface area contributed by atoms with Gasteiger partial charge in [0.2, 0.25) is 5.91 Å². The molecule has 0 aliphatic heterocycles. The van der Waals surface area contributed by atoms with E-state index in [-0.39, 0.29) is 24.3 Å². The van der Waals surface area contributed by atoms with Gasteiger partial charge in [0.15, 0.2) is 0 Å². The van der Waals surface area contributed by atoms with Crippen LogP contribution in [-0.2, 0) is 9.59 Å². The first-order valence-electron chi connectivity index (χ1n) is 5.43. The summed E-state index contributed by atoms with van der Waals surface area (Å²) in [6, 6.07) is 5.18. The van der Waals surface area contributed by atoms with Crippen LogP contribution < -0.4 is 5.32 Å². The predicted molar refractivity (Wildman–Crippen MR) is 68.0 cm³/mol. The van der Waals surface area contributed by atoms with Crippen LogP contribution in [0.3, 0.4) is 0 Å². The third kappa shape index (κ3) is 2.94. The summed E-state index contributed by atoms with van der Waals surface area (Å²) >= 11 is 11.8. The first-order valence-corrected chi connectivity index (χ1v) is 6.19. The van der Waals surface area contributed by atoms with Gasteiger partial charge in [0.25, 0.3) is 0 Å². The highest BCUT2D eigenvalue weighted by molar-refractivity contribution is 6.35. The Bertz CT molecular complexity index is 504. The molecule has 1 aliphatic rings. The minimum atomic E-state index is -1.05. The summed E-state index contributed by atoms with van der Waals surface area (Å²) in [6.07, 6.45) is 0.687. The molecule has 1 aliphatic carbocycles. The molecule has 0 bridgehead atoms. The molecule has 1 aromatic rings. The summed E-state index contributed by atoms with van der Waals surface area (Å²) in [4.78, 5) is 22.0. The van der Waals surface area contributed by atoms with Crippen molar-refractivity contribution in [3.8, 4) is 0 Å². The van der Waals surface area contributed by atoms with Gasteiger partial charge < -0.3 is 10.4 Å². The van der Waals surface area contributed by atoms with E-state index in [0.717, 1.165) is 5.56 Å². The van der Waals surface area contributed by atoms with Gasteiger partial charge in [-0.25, -0.2) is 0 Å². The Morgan fingerprint density at radius 1 is 1.39 bits per heavy atom. The zero-order chi connectivity index (χ0) is 13.3. The summed E-state index contributed by atoms with van der Waals surface area (Å²) < 4.78 is 0. The number of carboxylic acids is 1. The monoisotopic (exact) mass is 287 g/mol. The van der Waals surface area contributed by atoms with Gasteiger partial charge in [-0.15, -0.1) is 0 Å². The molecule has 6 heteroatoms. The molecule has 18 heavy (non-hydrogen) atoms. The van der Waals surface area contributed by atoms with E-state index in [9.17, 15) is 9.59 Å². The van der Waals surface area contributed by atoms with Crippen molar-refractivity contribution in [1.82, 2.24) is 5.32 Å². The Hall–Kier alpha value is -1.26. The SMILES string of the molecule is O=C(O)CNC(=O)[C@H]1C[C@H]1c1ccc(Cl)cc1Cl. The second-order valence-corrected chi connectivity index (χ2v) is 5.07. The van der Waals surface area contributed by atoms with E-state index in [2.05, 4.69) is 5.32 Å². The van der Waals surface area contributed by atoms with Crippen LogP contribution in [0.5, 0.6) is 0 Å². The number of hydrogen-bond donors (Lipinski definition) is 2. The van der Waals surface area contributed by atoms with Gasteiger partial charge >= 0.3 is 5.97 Å². The van der Waals surface area contributed by atoms with Crippen molar-refractivity contribution in [3.63, 3.8) is 0 Å². The number of nitrogens with one attached hydrogen (secondary N) is 1. The number of carbonyl (C=O) groups excluding carboxylic acids is 1. The zero-order valence-electron chi connectivity index (χ0n) is 9.32. The molecule has 2 N–H and O–H groups in total. The first-order chi connectivity index (χ1) is 8.49. The summed E-state index contributed by atoms with van der Waals surface area (Å²) in [6.45, 7) is -0.351. The summed E-state index contributed by atoms with van der Waals surface area (Å²) in [7, 11) is 0. The lowest BCUT2D eigenvalue weighted by molar-refractivity contribution is -0.138. The minimum Gasteiger partial charge on any atom is -0.480 e. The summed E-state index contributed by atoms with van der Waals surface area (Å²) in [5.41, 5.74) is 0.886. The second kappa shape index (κ2) is 5.16. The molecular weight excluding hydrogens is 277 g/mol. The van der Waals surface area contributed by atoms with Crippen molar-refractivity contribution in [1.29, 1.82) is 0 Å². The number of rotatable bonds is 4. The van der Waals surface area contributed by atoms with Gasteiger partial charge in [-0.1, -0.05) is 29.3 Å². The molecule has 1 fully saturated rings. The predicted octanol–water partition coefficient (Wildman–Crippen LogP) is 2.30. The number of aliphatic carboxylic acids is 1. The van der Waals surface area contributed by atoms with Crippen molar-refractivity contribution in [2.24, 2.45) is 5.92 Å². The van der Waals surface area contributed by atoms with Crippen molar-refractivity contribution >= 4 is 35.1 Å². The van der Waals surface area contributed by atoms with Gasteiger partial charge in [0, 0.05) is 16.0 Å². The molecule has 4 nitrogen and oxygen atoms in total. The fraction of sp³-hybridized carbons (Fsp3) is 0.333. The number of benzene rings is 1. The molecule has 0 saturated heterocycles. The van der Waals surface area contributed by atoms with Crippen molar-refractivity contribution in [2.45, 2.75) is 12.3 Å². The van der Waals surface area contributed by atoms with Crippen LogP contribution >= 0.6 is 23.2 Å². The molecule has 96 valence electrons. The molecule has 0 spiro atoms. The molecule has 1 saturated carbocycles. The number of halogens is 2. The molecule has 0 unspecified atom stereocenters. The lowest BCUT2D eigenvalue weighted by Crippen LogP contribution is -2.30. The maximum absolute atomic E-state index is 11.6. The normalized spacial score (nSPS) is 21.4. The molecule has 1 aromatic carbocycles. The van der Waals surface area contributed by atoms with E-state index >= 15 is 0 Å². The Labute approximate surface area is 114 Å². The van der Waals surface area contributed by atoms with E-state index in [4.69, 9.17) is 28.3 Å². The van der Waals surface area contributed by atoms with Crippen molar-refractivity contribution in [2.75, 3.05) is 6.54 Å². The summed E-state index contributed by atoms with van der Waals surface area (Å²) in [5.74, 6) is -1.43. The van der Waals surface area contributed by atoms with Gasteiger partial charge in [-0.3, -0.25) is 9.59 Å². The van der Waals surface area contributed by atoms with E-state index < -0.39 is 5.97 Å². The molecule has 1 amide bonds. The quantitative estimate of drug-likeness (QED) is 0.893. The second-order valence-electron chi connectivity index (χ2n) is 4.23. The highest BCUT2D eigenvalue weighted by Crippen LogP contribution is 2.49. The number of carboxylic acid groups (broad SMARTS) is 1. The molecule has 0 aromatic heterocycles. The van der Waals surface area contributed by atoms with E-state index in [1.165, 1.54) is 0 Å². The third-order valence-electron chi connectivity index (χ3n) is 2.90. The molecule has 2 atom stereocenters. The number of amides is 1. The van der Waals surface area contributed by atoms with Gasteiger partial charge in [-0.05, 0) is 30.0 Å². The largest absolute Gasteiger partial charge is 0.480 e. The topological polar surface area (TPSA) is 66.4 Å². The van der Waals surface area contributed by atoms with Crippen LogP contribution in [0.1, 0.15) is 17.9 Å². The van der Waals surface area contributed by atoms with E-state index in [1.807, 2.05) is 0 Å².